The molecule has 0 saturated heterocycles. The first-order valence-electron chi connectivity index (χ1n) is 20.0. The van der Waals surface area contributed by atoms with E-state index >= 15 is 0 Å². The first-order valence-corrected chi connectivity index (χ1v) is 21.2. The molecule has 0 spiro atoms. The van der Waals surface area contributed by atoms with Gasteiger partial charge in [0, 0.05) is 0 Å². The molecule has 0 N–H and O–H groups in total. The fourth-order valence-corrected chi connectivity index (χ4v) is 8.63. The molecule has 0 heterocycles. The van der Waals surface area contributed by atoms with Gasteiger partial charge < -0.3 is 0 Å². The first kappa shape index (κ1) is 46.7. The monoisotopic (exact) mass is 878 g/mol. The molecule has 0 aromatic heterocycles. The SMILES string of the molecule is Cc1ccccc1-c1cc2[cH-]c3cc(-c4ccccc4C)c(C(C)(C)C)cc3c2cc1C(C)(C)C.Cl.Cl.[C-]1=CC=CC1.[Zr+2]=[C](Cc1ccccc1)Cc1ccccc1. The van der Waals surface area contributed by atoms with E-state index in [0.717, 1.165) is 19.3 Å². The van der Waals surface area contributed by atoms with E-state index in [9.17, 15) is 0 Å². The van der Waals surface area contributed by atoms with Gasteiger partial charge in [-0.1, -0.05) is 102 Å². The van der Waals surface area contributed by atoms with Crippen LogP contribution in [-0.4, -0.2) is 3.21 Å². The summed E-state index contributed by atoms with van der Waals surface area (Å²) in [5.74, 6) is 0. The van der Waals surface area contributed by atoms with Crippen molar-refractivity contribution >= 4 is 49.6 Å². The van der Waals surface area contributed by atoms with Crippen LogP contribution in [0.3, 0.4) is 0 Å². The van der Waals surface area contributed by atoms with E-state index in [0.29, 0.717) is 0 Å². The first-order chi connectivity index (χ1) is 26.8. The van der Waals surface area contributed by atoms with Crippen molar-refractivity contribution in [2.75, 3.05) is 0 Å². The molecule has 8 rings (SSSR count). The van der Waals surface area contributed by atoms with Crippen molar-refractivity contribution in [2.45, 2.75) is 85.5 Å². The van der Waals surface area contributed by atoms with Crippen LogP contribution < -0.4 is 0 Å². The summed E-state index contributed by atoms with van der Waals surface area (Å²) in [6.07, 6.45) is 12.2. The van der Waals surface area contributed by atoms with Gasteiger partial charge in [0.2, 0.25) is 0 Å². The van der Waals surface area contributed by atoms with Crippen LogP contribution >= 0.6 is 24.8 Å². The van der Waals surface area contributed by atoms with Crippen LogP contribution in [0.15, 0.2) is 158 Å². The van der Waals surface area contributed by atoms with E-state index in [1.807, 2.05) is 12.2 Å². The van der Waals surface area contributed by atoms with Gasteiger partial charge in [-0.05, 0) is 69.2 Å². The number of rotatable bonds is 6. The third kappa shape index (κ3) is 11.8. The molecular weight excluding hydrogens is 823 g/mol. The quantitative estimate of drug-likeness (QED) is 0.146. The minimum absolute atomic E-state index is 0. The number of fused-ring (bicyclic) bond motifs is 3. The Hall–Kier alpha value is -4.00. The van der Waals surface area contributed by atoms with Crippen LogP contribution in [0.1, 0.15) is 81.3 Å². The van der Waals surface area contributed by atoms with E-state index in [4.69, 9.17) is 0 Å². The number of benzene rings is 6. The van der Waals surface area contributed by atoms with Gasteiger partial charge in [0.1, 0.15) is 0 Å². The number of hydrogen-bond acceptors (Lipinski definition) is 0. The predicted octanol–water partition coefficient (Wildman–Crippen LogP) is 15.6. The number of allylic oxidation sites excluding steroid dienone is 4. The molecular formula is C55H58Cl2Zr. The molecule has 1 aliphatic rings. The van der Waals surface area contributed by atoms with Crippen molar-refractivity contribution in [1.29, 1.82) is 0 Å². The second-order valence-electron chi connectivity index (χ2n) is 17.2. The molecule has 3 heteroatoms. The summed E-state index contributed by atoms with van der Waals surface area (Å²) < 4.78 is 1.60. The molecule has 7 aromatic carbocycles. The zero-order valence-electron chi connectivity index (χ0n) is 35.4. The fraction of sp³-hybridized carbons (Fsp3) is 0.236. The van der Waals surface area contributed by atoms with E-state index < -0.39 is 0 Å². The van der Waals surface area contributed by atoms with E-state index in [2.05, 4.69) is 207 Å². The van der Waals surface area contributed by atoms with Crippen molar-refractivity contribution in [2.24, 2.45) is 0 Å². The molecule has 0 saturated carbocycles. The van der Waals surface area contributed by atoms with Gasteiger partial charge in [0.05, 0.1) is 0 Å². The third-order valence-electron chi connectivity index (χ3n) is 10.6. The third-order valence-corrected chi connectivity index (χ3v) is 11.4. The summed E-state index contributed by atoms with van der Waals surface area (Å²) in [6.45, 7) is 18.4. The summed E-state index contributed by atoms with van der Waals surface area (Å²) in [7, 11) is 0. The molecule has 0 aliphatic heterocycles. The standard InChI is InChI=1S/C35H37.C15H14.C5H5.2ClH.Zr/c1-22-13-9-11-15-26(22)30-18-24-17-25-19-31(27-16-12-10-14-23(27)2)33(35(6,7)8)21-29(25)28(24)20-32(30)34(3,4)5;1-3-8-14(9-4-1)12-7-13-15-10-5-2-6-11-15;1-2-4-5-3-1;;;/h9-21H,1-8H3;1-6,8-11H,12-13H2;1-3H,4H2;2*1H;/q-1;;-1;;;+2. The van der Waals surface area contributed by atoms with Crippen LogP contribution in [0, 0.1) is 19.9 Å². The summed E-state index contributed by atoms with van der Waals surface area (Å²) in [4.78, 5) is 0. The maximum absolute atomic E-state index is 2.99. The molecule has 0 atom stereocenters. The number of aryl methyl sites for hydroxylation is 2. The van der Waals surface area contributed by atoms with Crippen molar-refractivity contribution < 1.29 is 24.2 Å². The van der Waals surface area contributed by atoms with Crippen molar-refractivity contribution in [3.63, 3.8) is 0 Å². The fourth-order valence-electron chi connectivity index (χ4n) is 7.63. The van der Waals surface area contributed by atoms with Gasteiger partial charge in [0.15, 0.2) is 0 Å². The van der Waals surface area contributed by atoms with Gasteiger partial charge in [-0.2, -0.15) is 6.08 Å². The Kier molecular flexibility index (Phi) is 16.7. The topological polar surface area (TPSA) is 0 Å². The molecule has 0 unspecified atom stereocenters. The van der Waals surface area contributed by atoms with E-state index in [-0.39, 0.29) is 35.6 Å². The van der Waals surface area contributed by atoms with Crippen LogP contribution in [-0.2, 0) is 47.9 Å². The van der Waals surface area contributed by atoms with Gasteiger partial charge in [0.25, 0.3) is 0 Å². The van der Waals surface area contributed by atoms with Gasteiger partial charge in [-0.25, -0.2) is 12.2 Å². The molecule has 0 bridgehead atoms. The van der Waals surface area contributed by atoms with Gasteiger partial charge in [-0.15, -0.1) is 71.0 Å². The second kappa shape index (κ2) is 20.8. The van der Waals surface area contributed by atoms with Crippen LogP contribution in [0.4, 0.5) is 0 Å². The molecule has 0 amide bonds. The molecule has 0 fully saturated rings. The van der Waals surface area contributed by atoms with Crippen LogP contribution in [0.2, 0.25) is 0 Å². The Balaban J connectivity index is 0.000000268. The number of halogens is 2. The molecule has 296 valence electrons. The van der Waals surface area contributed by atoms with Crippen LogP contribution in [0.25, 0.3) is 43.8 Å². The number of hydrogen-bond donors (Lipinski definition) is 0. The second-order valence-corrected chi connectivity index (χ2v) is 18.9. The van der Waals surface area contributed by atoms with Crippen molar-refractivity contribution in [3.05, 3.63) is 197 Å². The zero-order chi connectivity index (χ0) is 39.9. The van der Waals surface area contributed by atoms with Gasteiger partial charge in [-0.3, -0.25) is 6.08 Å². The molecule has 58 heavy (non-hydrogen) atoms. The molecule has 1 aliphatic carbocycles. The average molecular weight is 881 g/mol. The molecule has 0 radical (unpaired) electrons. The zero-order valence-corrected chi connectivity index (χ0v) is 39.5. The Labute approximate surface area is 376 Å². The molecule has 0 nitrogen and oxygen atoms in total. The minimum atomic E-state index is 0. The van der Waals surface area contributed by atoms with Crippen molar-refractivity contribution in [1.82, 2.24) is 0 Å². The normalized spacial score (nSPS) is 11.9. The van der Waals surface area contributed by atoms with E-state index in [1.54, 1.807) is 27.4 Å². The maximum atomic E-state index is 2.99. The van der Waals surface area contributed by atoms with Gasteiger partial charge >= 0.3 is 112 Å². The van der Waals surface area contributed by atoms with Crippen LogP contribution in [0.5, 0.6) is 0 Å². The summed E-state index contributed by atoms with van der Waals surface area (Å²) >= 11 is 1.55. The van der Waals surface area contributed by atoms with E-state index in [1.165, 1.54) is 77.2 Å². The Bertz CT molecular complexity index is 2320. The Morgan fingerprint density at radius 1 is 0.552 bits per heavy atom. The summed E-state index contributed by atoms with van der Waals surface area (Å²) in [5.41, 5.74) is 13.8. The predicted molar refractivity (Wildman–Crippen MR) is 256 cm³/mol. The Morgan fingerprint density at radius 2 is 0.948 bits per heavy atom. The average Bonchev–Trinajstić information content (AvgIpc) is 3.87. The summed E-state index contributed by atoms with van der Waals surface area (Å²) in [6, 6.07) is 51.2. The summed E-state index contributed by atoms with van der Waals surface area (Å²) in [5, 5.41) is 5.38. The Morgan fingerprint density at radius 3 is 1.28 bits per heavy atom. The van der Waals surface area contributed by atoms with Crippen molar-refractivity contribution in [3.8, 4) is 22.3 Å². The molecule has 7 aromatic rings.